The van der Waals surface area contributed by atoms with Crippen LogP contribution >= 0.6 is 0 Å². The van der Waals surface area contributed by atoms with E-state index in [9.17, 15) is 0 Å². The Morgan fingerprint density at radius 1 is 1.24 bits per heavy atom. The first-order valence-corrected chi connectivity index (χ1v) is 6.56. The van der Waals surface area contributed by atoms with E-state index in [0.29, 0.717) is 11.8 Å². The average Bonchev–Trinajstić information content (AvgIpc) is 3.00. The van der Waals surface area contributed by atoms with Crippen molar-refractivity contribution in [1.82, 2.24) is 15.5 Å². The fraction of sp³-hybridized carbons (Fsp3) is 0.833. The fourth-order valence-corrected chi connectivity index (χ4v) is 2.60. The molecule has 0 unspecified atom stereocenters. The van der Waals surface area contributed by atoms with Crippen LogP contribution in [0.4, 0.5) is 0 Å². The normalized spacial score (nSPS) is 26.5. The minimum absolute atomic E-state index is 0.0456. The molecule has 2 aliphatic heterocycles. The third kappa shape index (κ3) is 2.66. The lowest BCUT2D eigenvalue weighted by Crippen LogP contribution is -2.28. The van der Waals surface area contributed by atoms with E-state index in [-0.39, 0.29) is 6.10 Å². The number of rotatable bonds is 3. The number of hydrogen-bond acceptors (Lipinski definition) is 5. The fourth-order valence-electron chi connectivity index (χ4n) is 2.60. The molecule has 0 saturated carbocycles. The lowest BCUT2D eigenvalue weighted by atomic mass is 9.94. The topological polar surface area (TPSA) is 60.2 Å². The largest absolute Gasteiger partial charge is 0.368 e. The van der Waals surface area contributed by atoms with Crippen molar-refractivity contribution in [2.75, 3.05) is 19.7 Å². The highest BCUT2D eigenvalue weighted by atomic mass is 16.5. The van der Waals surface area contributed by atoms with Gasteiger partial charge in [-0.15, -0.1) is 0 Å². The van der Waals surface area contributed by atoms with Crippen molar-refractivity contribution in [3.05, 3.63) is 11.7 Å². The summed E-state index contributed by atoms with van der Waals surface area (Å²) in [5, 5.41) is 7.43. The molecule has 1 atom stereocenters. The Morgan fingerprint density at radius 3 is 2.88 bits per heavy atom. The summed E-state index contributed by atoms with van der Waals surface area (Å²) < 4.78 is 10.8. The molecule has 0 aromatic carbocycles. The van der Waals surface area contributed by atoms with Crippen LogP contribution in [0.3, 0.4) is 0 Å². The van der Waals surface area contributed by atoms with E-state index in [1.165, 1.54) is 12.8 Å². The molecule has 1 aromatic rings. The van der Waals surface area contributed by atoms with Crippen LogP contribution < -0.4 is 5.32 Å². The standard InChI is InChI=1S/C12H19N3O2/c1-2-10(16-7-1)12-14-11(15-17-12)8-9-3-5-13-6-4-9/h9-10,13H,1-8H2/t10-/m1/s1. The molecule has 0 aliphatic carbocycles. The summed E-state index contributed by atoms with van der Waals surface area (Å²) in [5.74, 6) is 2.22. The predicted octanol–water partition coefficient (Wildman–Crippen LogP) is 1.46. The van der Waals surface area contributed by atoms with Crippen molar-refractivity contribution in [3.63, 3.8) is 0 Å². The van der Waals surface area contributed by atoms with Crippen molar-refractivity contribution in [3.8, 4) is 0 Å². The van der Waals surface area contributed by atoms with Gasteiger partial charge >= 0.3 is 0 Å². The number of nitrogens with one attached hydrogen (secondary N) is 1. The summed E-state index contributed by atoms with van der Waals surface area (Å²) in [6, 6.07) is 0. The molecule has 94 valence electrons. The highest BCUT2D eigenvalue weighted by Gasteiger charge is 2.24. The summed E-state index contributed by atoms with van der Waals surface area (Å²) in [6.45, 7) is 3.04. The van der Waals surface area contributed by atoms with Gasteiger partial charge in [0, 0.05) is 13.0 Å². The van der Waals surface area contributed by atoms with Gasteiger partial charge in [-0.2, -0.15) is 4.98 Å². The minimum Gasteiger partial charge on any atom is -0.368 e. The highest BCUT2D eigenvalue weighted by Crippen LogP contribution is 2.27. The average molecular weight is 237 g/mol. The van der Waals surface area contributed by atoms with Crippen LogP contribution in [0.25, 0.3) is 0 Å². The van der Waals surface area contributed by atoms with E-state index in [2.05, 4.69) is 15.5 Å². The van der Waals surface area contributed by atoms with Crippen molar-refractivity contribution in [2.45, 2.75) is 38.2 Å². The molecule has 2 aliphatic rings. The summed E-state index contributed by atoms with van der Waals surface area (Å²) in [6.07, 6.45) is 5.52. The molecule has 0 radical (unpaired) electrons. The second-order valence-electron chi connectivity index (χ2n) is 4.95. The van der Waals surface area contributed by atoms with Crippen LogP contribution in [0.2, 0.25) is 0 Å². The third-order valence-electron chi connectivity index (χ3n) is 3.62. The van der Waals surface area contributed by atoms with Crippen LogP contribution in [-0.4, -0.2) is 29.8 Å². The maximum atomic E-state index is 5.54. The number of piperidine rings is 1. The van der Waals surface area contributed by atoms with Crippen LogP contribution in [0.15, 0.2) is 4.52 Å². The lowest BCUT2D eigenvalue weighted by Gasteiger charge is -2.20. The van der Waals surface area contributed by atoms with Gasteiger partial charge in [-0.25, -0.2) is 0 Å². The van der Waals surface area contributed by atoms with E-state index in [1.54, 1.807) is 0 Å². The van der Waals surface area contributed by atoms with Crippen molar-refractivity contribution in [2.24, 2.45) is 5.92 Å². The van der Waals surface area contributed by atoms with Gasteiger partial charge in [-0.05, 0) is 44.7 Å². The lowest BCUT2D eigenvalue weighted by molar-refractivity contribution is 0.0835. The quantitative estimate of drug-likeness (QED) is 0.862. The third-order valence-corrected chi connectivity index (χ3v) is 3.62. The molecular formula is C12H19N3O2. The Bertz CT molecular complexity index is 354. The number of ether oxygens (including phenoxy) is 1. The molecule has 3 heterocycles. The smallest absolute Gasteiger partial charge is 0.255 e. The van der Waals surface area contributed by atoms with Crippen molar-refractivity contribution in [1.29, 1.82) is 0 Å². The monoisotopic (exact) mass is 237 g/mol. The second kappa shape index (κ2) is 5.14. The van der Waals surface area contributed by atoms with Gasteiger partial charge in [0.2, 0.25) is 0 Å². The van der Waals surface area contributed by atoms with Gasteiger partial charge in [0.05, 0.1) is 0 Å². The van der Waals surface area contributed by atoms with E-state index in [0.717, 1.165) is 44.8 Å². The van der Waals surface area contributed by atoms with Gasteiger partial charge < -0.3 is 14.6 Å². The Balaban J connectivity index is 1.59. The summed E-state index contributed by atoms with van der Waals surface area (Å²) in [7, 11) is 0. The Hall–Kier alpha value is -0.940. The summed E-state index contributed by atoms with van der Waals surface area (Å²) in [4.78, 5) is 4.46. The summed E-state index contributed by atoms with van der Waals surface area (Å²) in [5.41, 5.74) is 0. The number of aromatic nitrogens is 2. The predicted molar refractivity (Wildman–Crippen MR) is 61.5 cm³/mol. The van der Waals surface area contributed by atoms with Crippen LogP contribution in [-0.2, 0) is 11.2 Å². The first kappa shape index (κ1) is 11.2. The van der Waals surface area contributed by atoms with Crippen LogP contribution in [0, 0.1) is 5.92 Å². The maximum absolute atomic E-state index is 5.54. The van der Waals surface area contributed by atoms with E-state index >= 15 is 0 Å². The molecule has 1 aromatic heterocycles. The molecule has 2 fully saturated rings. The van der Waals surface area contributed by atoms with E-state index < -0.39 is 0 Å². The zero-order valence-electron chi connectivity index (χ0n) is 10.0. The van der Waals surface area contributed by atoms with Gasteiger partial charge in [-0.1, -0.05) is 5.16 Å². The van der Waals surface area contributed by atoms with Crippen molar-refractivity contribution >= 4 is 0 Å². The summed E-state index contributed by atoms with van der Waals surface area (Å²) >= 11 is 0. The first-order chi connectivity index (χ1) is 8.42. The van der Waals surface area contributed by atoms with Crippen LogP contribution in [0.1, 0.15) is 43.5 Å². The first-order valence-electron chi connectivity index (χ1n) is 6.56. The van der Waals surface area contributed by atoms with E-state index in [4.69, 9.17) is 9.26 Å². The maximum Gasteiger partial charge on any atom is 0.255 e. The molecule has 3 rings (SSSR count). The Morgan fingerprint density at radius 2 is 2.12 bits per heavy atom. The Kier molecular flexibility index (Phi) is 3.38. The molecule has 2 saturated heterocycles. The van der Waals surface area contributed by atoms with Gasteiger partial charge in [0.25, 0.3) is 5.89 Å². The number of nitrogens with zero attached hydrogens (tertiary/aromatic N) is 2. The molecule has 1 N–H and O–H groups in total. The molecule has 5 nitrogen and oxygen atoms in total. The van der Waals surface area contributed by atoms with Gasteiger partial charge in [0.15, 0.2) is 5.82 Å². The van der Waals surface area contributed by atoms with Gasteiger partial charge in [-0.3, -0.25) is 0 Å². The molecule has 17 heavy (non-hydrogen) atoms. The molecule has 0 spiro atoms. The second-order valence-corrected chi connectivity index (χ2v) is 4.95. The molecule has 0 bridgehead atoms. The zero-order chi connectivity index (χ0) is 11.5. The SMILES string of the molecule is C1CO[C@@H](c2nc(CC3CCNCC3)no2)C1. The van der Waals surface area contributed by atoms with E-state index in [1.807, 2.05) is 0 Å². The molecule has 0 amide bonds. The zero-order valence-corrected chi connectivity index (χ0v) is 10.0. The number of hydrogen-bond donors (Lipinski definition) is 1. The molecular weight excluding hydrogens is 218 g/mol. The minimum atomic E-state index is 0.0456. The van der Waals surface area contributed by atoms with Crippen LogP contribution in [0.5, 0.6) is 0 Å². The molecule has 5 heteroatoms. The highest BCUT2D eigenvalue weighted by molar-refractivity contribution is 4.93. The van der Waals surface area contributed by atoms with Gasteiger partial charge in [0.1, 0.15) is 6.10 Å². The van der Waals surface area contributed by atoms with Crippen molar-refractivity contribution < 1.29 is 9.26 Å². The Labute approximate surface area is 101 Å².